The van der Waals surface area contributed by atoms with E-state index in [9.17, 15) is 17.6 Å². The van der Waals surface area contributed by atoms with Gasteiger partial charge in [0.1, 0.15) is 29.5 Å². The van der Waals surface area contributed by atoms with E-state index < -0.39 is 17.8 Å². The number of nitrogens with one attached hydrogen (secondary N) is 1. The lowest BCUT2D eigenvalue weighted by Crippen LogP contribution is -2.33. The molecule has 3 aromatic heterocycles. The molecule has 0 bridgehead atoms. The summed E-state index contributed by atoms with van der Waals surface area (Å²) >= 11 is 0. The van der Waals surface area contributed by atoms with Gasteiger partial charge in [0.05, 0.1) is 30.8 Å². The summed E-state index contributed by atoms with van der Waals surface area (Å²) in [5.41, 5.74) is 4.36. The molecule has 0 radical (unpaired) electrons. The number of H-pyrrole nitrogens is 1. The first-order valence-corrected chi connectivity index (χ1v) is 15.0. The SMILES string of the molecule is N#Cc1ccc(COc2cccc(C3=CCN(Cc4nc5cc(-c6nnc(C(F)(F)F)[nH]6)cnc5n4CC4CCO4)CC3)c2)c(F)c1. The topological polar surface area (TPSA) is 118 Å². The van der Waals surface area contributed by atoms with Crippen molar-refractivity contribution >= 4 is 16.7 Å². The molecule has 1 unspecified atom stereocenters. The summed E-state index contributed by atoms with van der Waals surface area (Å²) in [6.07, 6.45) is 0.774. The Morgan fingerprint density at radius 2 is 1.98 bits per heavy atom. The quantitative estimate of drug-likeness (QED) is 0.197. The molecule has 5 aromatic rings. The molecule has 2 aliphatic heterocycles. The lowest BCUT2D eigenvalue weighted by atomic mass is 9.99. The number of aromatic nitrogens is 6. The molecule has 5 heterocycles. The molecule has 0 amide bonds. The molecular weight excluding hydrogens is 616 g/mol. The van der Waals surface area contributed by atoms with E-state index in [1.807, 2.05) is 34.9 Å². The van der Waals surface area contributed by atoms with Crippen LogP contribution >= 0.6 is 0 Å². The summed E-state index contributed by atoms with van der Waals surface area (Å²) in [6.45, 7) is 3.32. The zero-order chi connectivity index (χ0) is 32.5. The third-order valence-corrected chi connectivity index (χ3v) is 8.31. The highest BCUT2D eigenvalue weighted by Gasteiger charge is 2.35. The van der Waals surface area contributed by atoms with Gasteiger partial charge in [0.15, 0.2) is 11.5 Å². The minimum absolute atomic E-state index is 0.0327. The number of pyridine rings is 1. The van der Waals surface area contributed by atoms with Crippen LogP contribution in [-0.2, 0) is 30.6 Å². The second kappa shape index (κ2) is 12.6. The van der Waals surface area contributed by atoms with Crippen LogP contribution < -0.4 is 4.74 Å². The van der Waals surface area contributed by atoms with Crippen LogP contribution in [0.5, 0.6) is 5.75 Å². The highest BCUT2D eigenvalue weighted by molar-refractivity contribution is 5.77. The molecule has 47 heavy (non-hydrogen) atoms. The van der Waals surface area contributed by atoms with Crippen LogP contribution in [0, 0.1) is 17.1 Å². The Kier molecular flexibility index (Phi) is 8.17. The summed E-state index contributed by atoms with van der Waals surface area (Å²) in [4.78, 5) is 13.9. The average molecular weight is 645 g/mol. The Hall–Kier alpha value is -5.13. The molecule has 1 saturated heterocycles. The molecule has 1 atom stereocenters. The third kappa shape index (κ3) is 6.58. The molecule has 1 fully saturated rings. The van der Waals surface area contributed by atoms with Gasteiger partial charge in [-0.05, 0) is 54.3 Å². The van der Waals surface area contributed by atoms with Crippen LogP contribution in [0.15, 0.2) is 60.8 Å². The van der Waals surface area contributed by atoms with E-state index in [0.717, 1.165) is 30.8 Å². The van der Waals surface area contributed by atoms with Gasteiger partial charge in [0, 0.05) is 37.0 Å². The summed E-state index contributed by atoms with van der Waals surface area (Å²) in [7, 11) is 0. The zero-order valence-electron chi connectivity index (χ0n) is 25.0. The first-order chi connectivity index (χ1) is 22.7. The molecule has 1 N–H and O–H groups in total. The monoisotopic (exact) mass is 644 g/mol. The lowest BCUT2D eigenvalue weighted by Gasteiger charge is -2.29. The first-order valence-electron chi connectivity index (χ1n) is 15.0. The van der Waals surface area contributed by atoms with Gasteiger partial charge >= 0.3 is 6.18 Å². The van der Waals surface area contributed by atoms with Crippen LogP contribution in [0.3, 0.4) is 0 Å². The number of ether oxygens (including phenoxy) is 2. The second-order valence-electron chi connectivity index (χ2n) is 11.5. The van der Waals surface area contributed by atoms with Gasteiger partial charge in [0.25, 0.3) is 0 Å². The Balaban J connectivity index is 1.06. The van der Waals surface area contributed by atoms with Gasteiger partial charge in [-0.25, -0.2) is 14.4 Å². The van der Waals surface area contributed by atoms with Crippen molar-refractivity contribution in [3.8, 4) is 23.2 Å². The fourth-order valence-electron chi connectivity index (χ4n) is 5.65. The van der Waals surface area contributed by atoms with Crippen LogP contribution in [0.1, 0.15) is 41.2 Å². The normalized spacial score (nSPS) is 16.9. The third-order valence-electron chi connectivity index (χ3n) is 8.31. The molecule has 14 heteroatoms. The van der Waals surface area contributed by atoms with E-state index in [1.54, 1.807) is 18.2 Å². The number of imidazole rings is 1. The summed E-state index contributed by atoms with van der Waals surface area (Å²) in [5.74, 6) is -0.273. The number of nitriles is 1. The van der Waals surface area contributed by atoms with Gasteiger partial charge in [-0.1, -0.05) is 24.3 Å². The predicted molar refractivity (Wildman–Crippen MR) is 162 cm³/mol. The fourth-order valence-corrected chi connectivity index (χ4v) is 5.65. The Morgan fingerprint density at radius 3 is 2.68 bits per heavy atom. The van der Waals surface area contributed by atoms with E-state index >= 15 is 0 Å². The minimum Gasteiger partial charge on any atom is -0.489 e. The van der Waals surface area contributed by atoms with Crippen molar-refractivity contribution < 1.29 is 27.0 Å². The van der Waals surface area contributed by atoms with Crippen molar-refractivity contribution in [1.29, 1.82) is 5.26 Å². The average Bonchev–Trinajstić information content (AvgIpc) is 3.68. The van der Waals surface area contributed by atoms with Crippen LogP contribution in [0.2, 0.25) is 0 Å². The van der Waals surface area contributed by atoms with Crippen LogP contribution in [0.4, 0.5) is 17.6 Å². The van der Waals surface area contributed by atoms with Crippen LogP contribution in [-0.4, -0.2) is 60.4 Å². The molecule has 2 aromatic carbocycles. The zero-order valence-corrected chi connectivity index (χ0v) is 25.0. The molecule has 0 aliphatic carbocycles. The molecular formula is C33H28F4N8O2. The number of rotatable bonds is 9. The maximum atomic E-state index is 14.3. The second-order valence-corrected chi connectivity index (χ2v) is 11.5. The largest absolute Gasteiger partial charge is 0.489 e. The minimum atomic E-state index is -4.63. The highest BCUT2D eigenvalue weighted by Crippen LogP contribution is 2.30. The highest BCUT2D eigenvalue weighted by atomic mass is 19.4. The maximum absolute atomic E-state index is 14.3. The van der Waals surface area contributed by atoms with E-state index in [0.29, 0.717) is 54.3 Å². The van der Waals surface area contributed by atoms with E-state index in [-0.39, 0.29) is 24.1 Å². The van der Waals surface area contributed by atoms with E-state index in [4.69, 9.17) is 19.7 Å². The van der Waals surface area contributed by atoms with Crippen molar-refractivity contribution in [2.24, 2.45) is 0 Å². The first kappa shape index (κ1) is 30.5. The lowest BCUT2D eigenvalue weighted by molar-refractivity contribution is -0.144. The van der Waals surface area contributed by atoms with Crippen molar-refractivity contribution in [2.45, 2.75) is 44.8 Å². The van der Waals surface area contributed by atoms with E-state index in [1.165, 1.54) is 17.8 Å². The number of hydrogen-bond donors (Lipinski definition) is 1. The molecule has 10 nitrogen and oxygen atoms in total. The van der Waals surface area contributed by atoms with Gasteiger partial charge in [0.2, 0.25) is 5.82 Å². The van der Waals surface area contributed by atoms with Gasteiger partial charge < -0.3 is 19.0 Å². The van der Waals surface area contributed by atoms with Gasteiger partial charge in [-0.3, -0.25) is 4.90 Å². The molecule has 0 spiro atoms. The summed E-state index contributed by atoms with van der Waals surface area (Å²) in [6, 6.07) is 15.6. The number of nitrogens with zero attached hydrogens (tertiary/aromatic N) is 7. The number of fused-ring (bicyclic) bond motifs is 1. The molecule has 2 aliphatic rings. The Labute approximate surface area is 266 Å². The van der Waals surface area contributed by atoms with Crippen molar-refractivity contribution in [2.75, 3.05) is 19.7 Å². The molecule has 0 saturated carbocycles. The number of halogens is 4. The fraction of sp³-hybridized carbons (Fsp3) is 0.303. The van der Waals surface area contributed by atoms with Crippen LogP contribution in [0.25, 0.3) is 28.1 Å². The van der Waals surface area contributed by atoms with Gasteiger partial charge in [-0.2, -0.15) is 18.4 Å². The standard InChI is InChI=1S/C33H28F4N8O2/c34-27-12-20(15-38)4-5-23(27)19-47-25-3-1-2-22(13-25)21-6-9-44(10-7-21)18-29-40-28-14-24(30-41-32(43-42-30)33(35,36)37)16-39-31(28)45(29)17-26-8-11-46-26/h1-6,12-14,16,26H,7-11,17-19H2,(H,41,42,43). The molecule has 240 valence electrons. The number of alkyl halides is 3. The van der Waals surface area contributed by atoms with Crippen molar-refractivity contribution in [1.82, 2.24) is 34.6 Å². The summed E-state index contributed by atoms with van der Waals surface area (Å²) in [5, 5.41) is 15.8. The predicted octanol–water partition coefficient (Wildman–Crippen LogP) is 5.90. The smallest absolute Gasteiger partial charge is 0.451 e. The number of hydrogen-bond acceptors (Lipinski definition) is 8. The summed E-state index contributed by atoms with van der Waals surface area (Å²) < 4.78 is 67.1. The van der Waals surface area contributed by atoms with Crippen molar-refractivity contribution in [3.05, 3.63) is 95.0 Å². The number of benzene rings is 2. The maximum Gasteiger partial charge on any atom is 0.451 e. The Morgan fingerprint density at radius 1 is 1.11 bits per heavy atom. The van der Waals surface area contributed by atoms with E-state index in [2.05, 4.69) is 31.1 Å². The Bertz CT molecular complexity index is 2010. The molecule has 7 rings (SSSR count). The van der Waals surface area contributed by atoms with Crippen molar-refractivity contribution in [3.63, 3.8) is 0 Å². The number of aromatic amines is 1. The van der Waals surface area contributed by atoms with Gasteiger partial charge in [-0.15, -0.1) is 10.2 Å².